The van der Waals surface area contributed by atoms with Gasteiger partial charge in [-0.1, -0.05) is 6.42 Å². The van der Waals surface area contributed by atoms with Crippen molar-refractivity contribution < 1.29 is 13.2 Å². The van der Waals surface area contributed by atoms with Crippen LogP contribution in [0.4, 0.5) is 0 Å². The maximum atomic E-state index is 12.2. The van der Waals surface area contributed by atoms with E-state index in [1.165, 1.54) is 6.42 Å². The van der Waals surface area contributed by atoms with Gasteiger partial charge < -0.3 is 4.90 Å². The molecule has 0 aliphatic carbocycles. The van der Waals surface area contributed by atoms with Crippen LogP contribution < -0.4 is 0 Å². The van der Waals surface area contributed by atoms with Gasteiger partial charge in [0.15, 0.2) is 9.84 Å². The van der Waals surface area contributed by atoms with Crippen LogP contribution in [0.1, 0.15) is 25.7 Å². The monoisotopic (exact) mass is 277 g/mol. The predicted molar refractivity (Wildman–Crippen MR) is 69.9 cm³/mol. The molecule has 0 spiro atoms. The van der Waals surface area contributed by atoms with E-state index in [2.05, 4.69) is 0 Å². The zero-order valence-electron chi connectivity index (χ0n) is 10.1. The van der Waals surface area contributed by atoms with Gasteiger partial charge in [0.2, 0.25) is 5.91 Å². The Morgan fingerprint density at radius 2 is 2.06 bits per heavy atom. The molecule has 6 heteroatoms. The number of nitrogens with zero attached hydrogens (tertiary/aromatic N) is 1. The van der Waals surface area contributed by atoms with Crippen LogP contribution in [0.15, 0.2) is 0 Å². The molecule has 2 aliphatic rings. The second kappa shape index (κ2) is 5.18. The lowest BCUT2D eigenvalue weighted by Crippen LogP contribution is -2.43. The zero-order valence-corrected chi connectivity index (χ0v) is 11.7. The van der Waals surface area contributed by atoms with Gasteiger partial charge in [-0.25, -0.2) is 8.42 Å². The molecule has 0 aromatic carbocycles. The third-order valence-corrected chi connectivity index (χ3v) is 6.67. The zero-order chi connectivity index (χ0) is 12.5. The minimum atomic E-state index is -2.91. The highest BCUT2D eigenvalue weighted by Gasteiger charge is 2.35. The first-order valence-corrected chi connectivity index (χ1v) is 8.95. The summed E-state index contributed by atoms with van der Waals surface area (Å²) in [5.74, 6) is 1.55. The largest absolute Gasteiger partial charge is 0.341 e. The molecule has 2 aliphatic heterocycles. The molecular formula is C11H19NO3S2. The van der Waals surface area contributed by atoms with Gasteiger partial charge in [0.05, 0.1) is 16.8 Å². The minimum Gasteiger partial charge on any atom is -0.341 e. The van der Waals surface area contributed by atoms with Crippen molar-refractivity contribution in [3.05, 3.63) is 0 Å². The van der Waals surface area contributed by atoms with Crippen LogP contribution in [0.3, 0.4) is 0 Å². The topological polar surface area (TPSA) is 54.5 Å². The highest BCUT2D eigenvalue weighted by atomic mass is 32.2. The molecular weight excluding hydrogens is 258 g/mol. The third kappa shape index (κ3) is 3.16. The number of hydrogen-bond acceptors (Lipinski definition) is 4. The summed E-state index contributed by atoms with van der Waals surface area (Å²) in [6.07, 6.45) is 3.84. The van der Waals surface area contributed by atoms with Crippen LogP contribution in [0, 0.1) is 0 Å². The van der Waals surface area contributed by atoms with Gasteiger partial charge in [-0.3, -0.25) is 4.79 Å². The van der Waals surface area contributed by atoms with Gasteiger partial charge in [0.25, 0.3) is 0 Å². The average molecular weight is 277 g/mol. The molecule has 2 saturated heterocycles. The molecule has 0 aromatic heterocycles. The molecule has 2 atom stereocenters. The van der Waals surface area contributed by atoms with E-state index in [0.717, 1.165) is 18.6 Å². The van der Waals surface area contributed by atoms with Gasteiger partial charge >= 0.3 is 0 Å². The van der Waals surface area contributed by atoms with Gasteiger partial charge in [0, 0.05) is 13.1 Å². The van der Waals surface area contributed by atoms with Crippen molar-refractivity contribution in [1.29, 1.82) is 0 Å². The molecule has 17 heavy (non-hydrogen) atoms. The maximum Gasteiger partial charge on any atom is 0.235 e. The minimum absolute atomic E-state index is 0.0528. The number of amides is 1. The first-order valence-electron chi connectivity index (χ1n) is 6.08. The number of thioether (sulfide) groups is 1. The first kappa shape index (κ1) is 13.2. The Morgan fingerprint density at radius 1 is 1.29 bits per heavy atom. The highest BCUT2D eigenvalue weighted by molar-refractivity contribution is 8.00. The molecule has 0 aromatic rings. The molecule has 2 heterocycles. The number of hydrogen-bond donors (Lipinski definition) is 0. The summed E-state index contributed by atoms with van der Waals surface area (Å²) in [6, 6.07) is -0.102. The summed E-state index contributed by atoms with van der Waals surface area (Å²) in [6.45, 7) is 0. The van der Waals surface area contributed by atoms with E-state index >= 15 is 0 Å². The van der Waals surface area contributed by atoms with Gasteiger partial charge in [-0.15, -0.1) is 11.8 Å². The Bertz CT molecular complexity index is 388. The number of carbonyl (C=O) groups is 1. The summed E-state index contributed by atoms with van der Waals surface area (Å²) < 4.78 is 22.8. The van der Waals surface area contributed by atoms with Crippen molar-refractivity contribution in [3.63, 3.8) is 0 Å². The molecule has 0 radical (unpaired) electrons. The standard InChI is InChI=1S/C11H19NO3S2/c1-12(9-5-7-17(14,15)8-9)11(13)10-4-2-3-6-16-10/h9-10H,2-8H2,1H3. The Balaban J connectivity index is 1.95. The van der Waals surface area contributed by atoms with E-state index in [-0.39, 0.29) is 28.7 Å². The normalized spacial score (nSPS) is 32.3. The summed E-state index contributed by atoms with van der Waals surface area (Å²) >= 11 is 1.72. The van der Waals surface area contributed by atoms with E-state index in [9.17, 15) is 13.2 Å². The summed E-state index contributed by atoms with van der Waals surface area (Å²) in [5.41, 5.74) is 0. The van der Waals surface area contributed by atoms with E-state index in [0.29, 0.717) is 6.42 Å². The fraction of sp³-hybridized carbons (Fsp3) is 0.909. The van der Waals surface area contributed by atoms with Crippen LogP contribution in [-0.4, -0.2) is 54.8 Å². The van der Waals surface area contributed by atoms with E-state index < -0.39 is 9.84 Å². The van der Waals surface area contributed by atoms with Crippen LogP contribution in [0.5, 0.6) is 0 Å². The molecule has 2 rings (SSSR count). The maximum absolute atomic E-state index is 12.2. The number of sulfone groups is 1. The van der Waals surface area contributed by atoms with Crippen molar-refractivity contribution >= 4 is 27.5 Å². The second-order valence-electron chi connectivity index (χ2n) is 4.86. The number of carbonyl (C=O) groups excluding carboxylic acids is 1. The van der Waals surface area contributed by atoms with Crippen molar-refractivity contribution in [2.45, 2.75) is 37.0 Å². The summed E-state index contributed by atoms with van der Waals surface area (Å²) in [7, 11) is -1.15. The Morgan fingerprint density at radius 3 is 2.59 bits per heavy atom. The Hall–Kier alpha value is -0.230. The Labute approximate surface area is 107 Å². The molecule has 0 bridgehead atoms. The molecule has 1 amide bonds. The van der Waals surface area contributed by atoms with Gasteiger partial charge in [0.1, 0.15) is 0 Å². The van der Waals surface area contributed by atoms with Crippen molar-refractivity contribution in [2.24, 2.45) is 0 Å². The van der Waals surface area contributed by atoms with Crippen LogP contribution in [-0.2, 0) is 14.6 Å². The van der Waals surface area contributed by atoms with Crippen molar-refractivity contribution in [1.82, 2.24) is 4.90 Å². The fourth-order valence-electron chi connectivity index (χ4n) is 2.42. The average Bonchev–Trinajstić information content (AvgIpc) is 2.69. The van der Waals surface area contributed by atoms with E-state index in [1.807, 2.05) is 0 Å². The van der Waals surface area contributed by atoms with Gasteiger partial charge in [-0.05, 0) is 25.0 Å². The third-order valence-electron chi connectivity index (χ3n) is 3.56. The second-order valence-corrected chi connectivity index (χ2v) is 8.40. The van der Waals surface area contributed by atoms with E-state index in [1.54, 1.807) is 23.7 Å². The number of rotatable bonds is 2. The summed E-state index contributed by atoms with van der Waals surface area (Å²) in [5, 5.41) is 0.0528. The molecule has 98 valence electrons. The van der Waals surface area contributed by atoms with Crippen molar-refractivity contribution in [2.75, 3.05) is 24.3 Å². The quantitative estimate of drug-likeness (QED) is 0.753. The Kier molecular flexibility index (Phi) is 4.02. The SMILES string of the molecule is CN(C(=O)C1CCCCS1)C1CCS(=O)(=O)C1. The first-order chi connectivity index (χ1) is 7.99. The van der Waals surface area contributed by atoms with Crippen LogP contribution >= 0.6 is 11.8 Å². The lowest BCUT2D eigenvalue weighted by molar-refractivity contribution is -0.131. The lowest BCUT2D eigenvalue weighted by atomic mass is 10.1. The molecule has 2 fully saturated rings. The molecule has 2 unspecified atom stereocenters. The predicted octanol–water partition coefficient (Wildman–Crippen LogP) is 0.918. The van der Waals surface area contributed by atoms with Crippen molar-refractivity contribution in [3.8, 4) is 0 Å². The smallest absolute Gasteiger partial charge is 0.235 e. The highest BCUT2D eigenvalue weighted by Crippen LogP contribution is 2.28. The summed E-state index contributed by atoms with van der Waals surface area (Å²) in [4.78, 5) is 13.9. The lowest BCUT2D eigenvalue weighted by Gasteiger charge is -2.29. The van der Waals surface area contributed by atoms with Crippen LogP contribution in [0.25, 0.3) is 0 Å². The van der Waals surface area contributed by atoms with Gasteiger partial charge in [-0.2, -0.15) is 0 Å². The fourth-order valence-corrected chi connectivity index (χ4v) is 5.50. The van der Waals surface area contributed by atoms with Crippen LogP contribution in [0.2, 0.25) is 0 Å². The van der Waals surface area contributed by atoms with E-state index in [4.69, 9.17) is 0 Å². The molecule has 4 nitrogen and oxygen atoms in total. The molecule has 0 N–H and O–H groups in total. The molecule has 0 saturated carbocycles.